The first-order chi connectivity index (χ1) is 7.39. The maximum Gasteiger partial charge on any atom is 0.364 e. The minimum Gasteiger partial charge on any atom is -0.477 e. The Morgan fingerprint density at radius 2 is 2.19 bits per heavy atom. The summed E-state index contributed by atoms with van der Waals surface area (Å²) in [7, 11) is 0. The third-order valence-corrected chi connectivity index (χ3v) is 2.55. The molecule has 1 fully saturated rings. The third-order valence-electron chi connectivity index (χ3n) is 2.55. The van der Waals surface area contributed by atoms with E-state index in [-0.39, 0.29) is 19.4 Å². The molecule has 0 radical (unpaired) electrons. The molecule has 0 aromatic heterocycles. The number of aliphatic carboxylic acids is 1. The second-order valence-electron chi connectivity index (χ2n) is 3.92. The highest BCUT2D eigenvalue weighted by atomic mass is 16.7. The van der Waals surface area contributed by atoms with Crippen molar-refractivity contribution < 1.29 is 35.1 Å². The van der Waals surface area contributed by atoms with Crippen molar-refractivity contribution in [2.24, 2.45) is 0 Å². The summed E-state index contributed by atoms with van der Waals surface area (Å²) in [6.07, 6.45) is -3.61. The average molecular weight is 236 g/mol. The minimum absolute atomic E-state index is 0.00686. The molecule has 0 aliphatic carbocycles. The van der Waals surface area contributed by atoms with Crippen molar-refractivity contribution in [1.82, 2.24) is 0 Å². The van der Waals surface area contributed by atoms with Gasteiger partial charge < -0.3 is 30.3 Å². The van der Waals surface area contributed by atoms with Crippen LogP contribution in [0.2, 0.25) is 0 Å². The van der Waals surface area contributed by atoms with E-state index >= 15 is 0 Å². The van der Waals surface area contributed by atoms with Gasteiger partial charge in [-0.05, 0) is 6.42 Å². The summed E-state index contributed by atoms with van der Waals surface area (Å²) in [5.74, 6) is -4.08. The summed E-state index contributed by atoms with van der Waals surface area (Å²) in [4.78, 5) is 10.7. The zero-order valence-corrected chi connectivity index (χ0v) is 8.61. The molecule has 0 bridgehead atoms. The molecule has 1 aliphatic rings. The van der Waals surface area contributed by atoms with Crippen LogP contribution in [0.4, 0.5) is 0 Å². The van der Waals surface area contributed by atoms with E-state index in [2.05, 4.69) is 0 Å². The molecule has 1 saturated heterocycles. The summed E-state index contributed by atoms with van der Waals surface area (Å²) in [5, 5.41) is 45.8. The lowest BCUT2D eigenvalue weighted by molar-refractivity contribution is -0.283. The molecular formula is C9H16O7. The molecular weight excluding hydrogens is 220 g/mol. The number of rotatable bonds is 4. The highest BCUT2D eigenvalue weighted by molar-refractivity contribution is 5.75. The van der Waals surface area contributed by atoms with Crippen molar-refractivity contribution >= 4 is 5.97 Å². The molecule has 7 heteroatoms. The molecule has 1 heterocycles. The number of aliphatic hydroxyl groups is 4. The topological polar surface area (TPSA) is 127 Å². The molecule has 0 amide bonds. The van der Waals surface area contributed by atoms with Crippen molar-refractivity contribution in [1.29, 1.82) is 0 Å². The first-order valence-electron chi connectivity index (χ1n) is 4.99. The van der Waals surface area contributed by atoms with Crippen LogP contribution in [0, 0.1) is 0 Å². The second kappa shape index (κ2) is 5.07. The van der Waals surface area contributed by atoms with Gasteiger partial charge in [0.25, 0.3) is 5.79 Å². The van der Waals surface area contributed by atoms with E-state index < -0.39 is 36.5 Å². The fourth-order valence-electron chi connectivity index (χ4n) is 1.71. The lowest BCUT2D eigenvalue weighted by atomic mass is 9.94. The Morgan fingerprint density at radius 3 is 2.69 bits per heavy atom. The highest BCUT2D eigenvalue weighted by Gasteiger charge is 2.47. The number of carboxylic acids is 1. The number of carbonyl (C=O) groups is 1. The number of hydrogen-bond acceptors (Lipinski definition) is 6. The van der Waals surface area contributed by atoms with Crippen LogP contribution in [0.3, 0.4) is 0 Å². The van der Waals surface area contributed by atoms with Gasteiger partial charge in [-0.15, -0.1) is 0 Å². The maximum atomic E-state index is 10.7. The summed E-state index contributed by atoms with van der Waals surface area (Å²) in [6.45, 7) is -0.289. The molecule has 2 unspecified atom stereocenters. The van der Waals surface area contributed by atoms with Gasteiger partial charge in [-0.2, -0.15) is 0 Å². The number of aliphatic hydroxyl groups excluding tert-OH is 3. The Balaban J connectivity index is 2.71. The van der Waals surface area contributed by atoms with Gasteiger partial charge in [-0.3, -0.25) is 0 Å². The molecule has 5 N–H and O–H groups in total. The molecule has 1 rings (SSSR count). The van der Waals surface area contributed by atoms with Crippen LogP contribution >= 0.6 is 0 Å². The van der Waals surface area contributed by atoms with Crippen LogP contribution < -0.4 is 0 Å². The Kier molecular flexibility index (Phi) is 4.22. The standard InChI is InChI=1S/C9H16O7/c10-2-1-6(12)7-3-5(11)4-9(15,16-7)8(13)14/h5-7,10-12,15H,1-4H2,(H,13,14)/t5-,6-,7?,9?/m1/s1. The first kappa shape index (κ1) is 13.3. The van der Waals surface area contributed by atoms with Crippen molar-refractivity contribution in [3.8, 4) is 0 Å². The third kappa shape index (κ3) is 2.89. The van der Waals surface area contributed by atoms with Crippen molar-refractivity contribution in [2.45, 2.75) is 43.4 Å². The van der Waals surface area contributed by atoms with Crippen LogP contribution in [-0.2, 0) is 9.53 Å². The minimum atomic E-state index is -2.47. The summed E-state index contributed by atoms with van der Waals surface area (Å²) < 4.78 is 4.86. The largest absolute Gasteiger partial charge is 0.477 e. The second-order valence-corrected chi connectivity index (χ2v) is 3.92. The number of hydrogen-bond donors (Lipinski definition) is 5. The van der Waals surface area contributed by atoms with Gasteiger partial charge in [0, 0.05) is 19.4 Å². The zero-order chi connectivity index (χ0) is 12.3. The van der Waals surface area contributed by atoms with Crippen molar-refractivity contribution in [2.75, 3.05) is 6.61 Å². The molecule has 7 nitrogen and oxygen atoms in total. The van der Waals surface area contributed by atoms with Gasteiger partial charge in [0.05, 0.1) is 18.3 Å². The summed E-state index contributed by atoms with van der Waals surface area (Å²) in [6, 6.07) is 0. The van der Waals surface area contributed by atoms with Crippen molar-refractivity contribution in [3.63, 3.8) is 0 Å². The van der Waals surface area contributed by atoms with Crippen LogP contribution in [0.1, 0.15) is 19.3 Å². The Morgan fingerprint density at radius 1 is 1.56 bits per heavy atom. The first-order valence-corrected chi connectivity index (χ1v) is 4.99. The van der Waals surface area contributed by atoms with E-state index in [9.17, 15) is 20.1 Å². The van der Waals surface area contributed by atoms with Crippen LogP contribution in [0.15, 0.2) is 0 Å². The molecule has 16 heavy (non-hydrogen) atoms. The Bertz CT molecular complexity index is 256. The number of ether oxygens (including phenoxy) is 1. The average Bonchev–Trinajstić information content (AvgIpc) is 2.16. The molecule has 1 aliphatic heterocycles. The quantitative estimate of drug-likeness (QED) is 0.383. The Labute approximate surface area is 91.9 Å². The van der Waals surface area contributed by atoms with Gasteiger partial charge in [0.1, 0.15) is 0 Å². The SMILES string of the molecule is O=C(O)C1(O)C[C@H](O)CC([C@H](O)CCO)O1. The van der Waals surface area contributed by atoms with E-state index in [1.165, 1.54) is 0 Å². The highest BCUT2D eigenvalue weighted by Crippen LogP contribution is 2.29. The van der Waals surface area contributed by atoms with Gasteiger partial charge in [-0.25, -0.2) is 4.79 Å². The number of carboxylic acid groups (broad SMARTS) is 1. The van der Waals surface area contributed by atoms with Crippen molar-refractivity contribution in [3.05, 3.63) is 0 Å². The lowest BCUT2D eigenvalue weighted by Crippen LogP contribution is -2.54. The fraction of sp³-hybridized carbons (Fsp3) is 0.889. The smallest absolute Gasteiger partial charge is 0.364 e. The maximum absolute atomic E-state index is 10.7. The molecule has 0 saturated carbocycles. The Hall–Kier alpha value is -0.730. The predicted octanol–water partition coefficient (Wildman–Crippen LogP) is -1.96. The summed E-state index contributed by atoms with van der Waals surface area (Å²) in [5.41, 5.74) is 0. The van der Waals surface area contributed by atoms with E-state index in [0.717, 1.165) is 0 Å². The van der Waals surface area contributed by atoms with Crippen LogP contribution in [-0.4, -0.2) is 62.2 Å². The normalized spacial score (nSPS) is 37.0. The van der Waals surface area contributed by atoms with Crippen LogP contribution in [0.25, 0.3) is 0 Å². The van der Waals surface area contributed by atoms with E-state index in [0.29, 0.717) is 0 Å². The zero-order valence-electron chi connectivity index (χ0n) is 8.61. The molecule has 0 aromatic carbocycles. The lowest BCUT2D eigenvalue weighted by Gasteiger charge is -2.38. The van der Waals surface area contributed by atoms with E-state index in [4.69, 9.17) is 14.9 Å². The molecule has 0 aromatic rings. The van der Waals surface area contributed by atoms with Gasteiger partial charge >= 0.3 is 5.97 Å². The predicted molar refractivity (Wildman–Crippen MR) is 50.4 cm³/mol. The monoisotopic (exact) mass is 236 g/mol. The van der Waals surface area contributed by atoms with Gasteiger partial charge in [-0.1, -0.05) is 0 Å². The fourth-order valence-corrected chi connectivity index (χ4v) is 1.71. The van der Waals surface area contributed by atoms with E-state index in [1.54, 1.807) is 0 Å². The summed E-state index contributed by atoms with van der Waals surface area (Å²) >= 11 is 0. The molecule has 0 spiro atoms. The van der Waals surface area contributed by atoms with Crippen LogP contribution in [0.5, 0.6) is 0 Å². The van der Waals surface area contributed by atoms with E-state index in [1.807, 2.05) is 0 Å². The molecule has 4 atom stereocenters. The van der Waals surface area contributed by atoms with Gasteiger partial charge in [0.2, 0.25) is 0 Å². The molecule has 94 valence electrons. The van der Waals surface area contributed by atoms with Gasteiger partial charge in [0.15, 0.2) is 0 Å².